The molecule has 0 radical (unpaired) electrons. The number of hydrogen-bond acceptors (Lipinski definition) is 4. The zero-order valence-electron chi connectivity index (χ0n) is 14.6. The molecule has 0 unspecified atom stereocenters. The first kappa shape index (κ1) is 17.5. The summed E-state index contributed by atoms with van der Waals surface area (Å²) in [7, 11) is 0. The van der Waals surface area contributed by atoms with E-state index in [-0.39, 0.29) is 5.28 Å². The number of hydrogen-bond donors (Lipinski definition) is 0. The van der Waals surface area contributed by atoms with Crippen molar-refractivity contribution in [2.24, 2.45) is 0 Å². The van der Waals surface area contributed by atoms with E-state index in [0.29, 0.717) is 5.02 Å². The Labute approximate surface area is 163 Å². The van der Waals surface area contributed by atoms with Crippen LogP contribution in [0.4, 0.5) is 5.69 Å². The number of fused-ring (bicyclic) bond motifs is 1. The molecule has 0 atom stereocenters. The third-order valence-electron chi connectivity index (χ3n) is 4.96. The number of halogens is 2. The van der Waals surface area contributed by atoms with Gasteiger partial charge in [-0.05, 0) is 48.5 Å². The molecule has 6 heteroatoms. The van der Waals surface area contributed by atoms with Crippen LogP contribution in [0.25, 0.3) is 22.2 Å². The van der Waals surface area contributed by atoms with Crippen molar-refractivity contribution in [3.8, 4) is 11.3 Å². The highest BCUT2D eigenvalue weighted by Crippen LogP contribution is 2.30. The highest BCUT2D eigenvalue weighted by atomic mass is 35.5. The lowest BCUT2D eigenvalue weighted by molar-refractivity contribution is 0.271. The summed E-state index contributed by atoms with van der Waals surface area (Å²) < 4.78 is 0. The smallest absolute Gasteiger partial charge is 0.223 e. The summed E-state index contributed by atoms with van der Waals surface area (Å²) in [6, 6.07) is 14.1. The zero-order valence-corrected chi connectivity index (χ0v) is 16.1. The fraction of sp³-hybridized carbons (Fsp3) is 0.300. The van der Waals surface area contributed by atoms with Crippen molar-refractivity contribution < 1.29 is 0 Å². The standard InChI is InChI=1S/C20H20Cl2N4/c1-2-25-9-11-26(12-10-25)16-6-3-14(4-7-16)19-17-13-15(21)5-8-18(17)23-20(22)24-19/h3-8,13H,2,9-12H2,1H3. The van der Waals surface area contributed by atoms with Gasteiger partial charge in [-0.15, -0.1) is 0 Å². The van der Waals surface area contributed by atoms with Gasteiger partial charge in [0.15, 0.2) is 0 Å². The van der Waals surface area contributed by atoms with Crippen LogP contribution in [-0.4, -0.2) is 47.6 Å². The van der Waals surface area contributed by atoms with E-state index in [9.17, 15) is 0 Å². The van der Waals surface area contributed by atoms with Gasteiger partial charge in [-0.2, -0.15) is 0 Å². The summed E-state index contributed by atoms with van der Waals surface area (Å²) >= 11 is 12.3. The normalized spacial score (nSPS) is 15.6. The first-order chi connectivity index (χ1) is 12.6. The highest BCUT2D eigenvalue weighted by Gasteiger charge is 2.16. The minimum Gasteiger partial charge on any atom is -0.369 e. The lowest BCUT2D eigenvalue weighted by atomic mass is 10.1. The Morgan fingerprint density at radius 3 is 2.35 bits per heavy atom. The van der Waals surface area contributed by atoms with Gasteiger partial charge in [0.25, 0.3) is 0 Å². The van der Waals surface area contributed by atoms with Crippen LogP contribution in [0, 0.1) is 0 Å². The molecule has 134 valence electrons. The van der Waals surface area contributed by atoms with Crippen LogP contribution in [0.5, 0.6) is 0 Å². The molecule has 0 bridgehead atoms. The molecule has 0 aliphatic carbocycles. The molecular formula is C20H20Cl2N4. The van der Waals surface area contributed by atoms with Crippen molar-refractivity contribution in [3.05, 3.63) is 52.8 Å². The quantitative estimate of drug-likeness (QED) is 0.608. The van der Waals surface area contributed by atoms with Crippen molar-refractivity contribution in [2.45, 2.75) is 6.92 Å². The number of nitrogens with zero attached hydrogens (tertiary/aromatic N) is 4. The second-order valence-electron chi connectivity index (χ2n) is 6.47. The number of anilines is 1. The molecular weight excluding hydrogens is 367 g/mol. The van der Waals surface area contributed by atoms with E-state index in [1.807, 2.05) is 18.2 Å². The van der Waals surface area contributed by atoms with E-state index >= 15 is 0 Å². The summed E-state index contributed by atoms with van der Waals surface area (Å²) in [6.07, 6.45) is 0. The average molecular weight is 387 g/mol. The molecule has 3 aromatic rings. The maximum absolute atomic E-state index is 6.17. The number of rotatable bonds is 3. The van der Waals surface area contributed by atoms with E-state index < -0.39 is 0 Å². The molecule has 1 aliphatic rings. The van der Waals surface area contributed by atoms with Crippen LogP contribution < -0.4 is 4.90 Å². The van der Waals surface area contributed by atoms with E-state index in [2.05, 4.69) is 51.0 Å². The molecule has 2 aromatic carbocycles. The Morgan fingerprint density at radius 1 is 0.923 bits per heavy atom. The fourth-order valence-corrected chi connectivity index (χ4v) is 3.79. The van der Waals surface area contributed by atoms with E-state index in [1.165, 1.54) is 5.69 Å². The Bertz CT molecular complexity index is 919. The summed E-state index contributed by atoms with van der Waals surface area (Å²) in [5.41, 5.74) is 3.86. The van der Waals surface area contributed by atoms with Gasteiger partial charge < -0.3 is 9.80 Å². The maximum atomic E-state index is 6.17. The van der Waals surface area contributed by atoms with Gasteiger partial charge in [0, 0.05) is 47.8 Å². The minimum absolute atomic E-state index is 0.245. The van der Waals surface area contributed by atoms with Crippen molar-refractivity contribution in [2.75, 3.05) is 37.6 Å². The third kappa shape index (κ3) is 3.50. The van der Waals surface area contributed by atoms with Crippen molar-refractivity contribution in [1.29, 1.82) is 0 Å². The first-order valence-electron chi connectivity index (χ1n) is 8.84. The first-order valence-corrected chi connectivity index (χ1v) is 9.60. The van der Waals surface area contributed by atoms with Gasteiger partial charge in [0.05, 0.1) is 11.2 Å². The van der Waals surface area contributed by atoms with Crippen LogP contribution in [0.2, 0.25) is 10.3 Å². The second-order valence-corrected chi connectivity index (χ2v) is 7.25. The van der Waals surface area contributed by atoms with E-state index in [4.69, 9.17) is 23.2 Å². The molecule has 1 saturated heterocycles. The Kier molecular flexibility index (Phi) is 4.98. The molecule has 1 aliphatic heterocycles. The average Bonchev–Trinajstić information content (AvgIpc) is 2.68. The maximum Gasteiger partial charge on any atom is 0.223 e. The largest absolute Gasteiger partial charge is 0.369 e. The number of benzene rings is 2. The van der Waals surface area contributed by atoms with Crippen LogP contribution in [0.15, 0.2) is 42.5 Å². The summed E-state index contributed by atoms with van der Waals surface area (Å²) in [5.74, 6) is 0. The van der Waals surface area contributed by atoms with Gasteiger partial charge >= 0.3 is 0 Å². The highest BCUT2D eigenvalue weighted by molar-refractivity contribution is 6.31. The zero-order chi connectivity index (χ0) is 18.1. The lowest BCUT2D eigenvalue weighted by Crippen LogP contribution is -2.46. The third-order valence-corrected chi connectivity index (χ3v) is 5.36. The molecule has 4 rings (SSSR count). The van der Waals surface area contributed by atoms with Gasteiger partial charge in [-0.1, -0.05) is 30.7 Å². The van der Waals surface area contributed by atoms with Crippen molar-refractivity contribution in [1.82, 2.24) is 14.9 Å². The Balaban J connectivity index is 1.65. The summed E-state index contributed by atoms with van der Waals surface area (Å²) in [5, 5.41) is 1.82. The van der Waals surface area contributed by atoms with Crippen LogP contribution in [0.3, 0.4) is 0 Å². The van der Waals surface area contributed by atoms with Crippen molar-refractivity contribution in [3.63, 3.8) is 0 Å². The molecule has 1 fully saturated rings. The number of aromatic nitrogens is 2. The molecule has 0 N–H and O–H groups in total. The van der Waals surface area contributed by atoms with Crippen LogP contribution in [0.1, 0.15) is 6.92 Å². The van der Waals surface area contributed by atoms with Gasteiger partial charge in [-0.3, -0.25) is 0 Å². The monoisotopic (exact) mass is 386 g/mol. The minimum atomic E-state index is 0.245. The van der Waals surface area contributed by atoms with E-state index in [1.54, 1.807) is 0 Å². The second kappa shape index (κ2) is 7.39. The molecule has 4 nitrogen and oxygen atoms in total. The molecule has 26 heavy (non-hydrogen) atoms. The van der Waals surface area contributed by atoms with Crippen LogP contribution in [-0.2, 0) is 0 Å². The van der Waals surface area contributed by atoms with E-state index in [0.717, 1.165) is 54.9 Å². The molecule has 0 amide bonds. The van der Waals surface area contributed by atoms with Crippen LogP contribution >= 0.6 is 23.2 Å². The molecule has 0 saturated carbocycles. The van der Waals surface area contributed by atoms with Gasteiger partial charge in [-0.25, -0.2) is 9.97 Å². The summed E-state index contributed by atoms with van der Waals surface area (Å²) in [6.45, 7) is 7.69. The topological polar surface area (TPSA) is 32.3 Å². The molecule has 1 aromatic heterocycles. The Hall–Kier alpha value is -1.88. The fourth-order valence-electron chi connectivity index (χ4n) is 3.44. The predicted octanol–water partition coefficient (Wildman–Crippen LogP) is 4.75. The number of likely N-dealkylation sites (N-methyl/N-ethyl adjacent to an activating group) is 1. The predicted molar refractivity (Wildman–Crippen MR) is 109 cm³/mol. The van der Waals surface area contributed by atoms with Crippen molar-refractivity contribution >= 4 is 39.8 Å². The molecule has 2 heterocycles. The molecule has 0 spiro atoms. The SMILES string of the molecule is CCN1CCN(c2ccc(-c3nc(Cl)nc4ccc(Cl)cc34)cc2)CC1. The Morgan fingerprint density at radius 2 is 1.65 bits per heavy atom. The lowest BCUT2D eigenvalue weighted by Gasteiger charge is -2.35. The van der Waals surface area contributed by atoms with Gasteiger partial charge in [0.1, 0.15) is 0 Å². The van der Waals surface area contributed by atoms with Gasteiger partial charge in [0.2, 0.25) is 5.28 Å². The number of piperazine rings is 1. The summed E-state index contributed by atoms with van der Waals surface area (Å²) in [4.78, 5) is 13.6.